The Hall–Kier alpha value is -2.18. The molecule has 2 heterocycles. The van der Waals surface area contributed by atoms with Crippen molar-refractivity contribution in [2.24, 2.45) is 13.0 Å². The van der Waals surface area contributed by atoms with E-state index >= 15 is 0 Å². The van der Waals surface area contributed by atoms with Crippen molar-refractivity contribution in [1.29, 1.82) is 0 Å². The van der Waals surface area contributed by atoms with Gasteiger partial charge in [-0.15, -0.1) is 5.10 Å². The highest BCUT2D eigenvalue weighted by Crippen LogP contribution is 2.24. The summed E-state index contributed by atoms with van der Waals surface area (Å²) in [5.74, 6) is 0.0114. The zero-order valence-electron chi connectivity index (χ0n) is 12.9. The summed E-state index contributed by atoms with van der Waals surface area (Å²) in [6.45, 7) is 5.02. The van der Waals surface area contributed by atoms with E-state index in [9.17, 15) is 4.79 Å². The molecule has 0 atom stereocenters. The number of hydrogen-bond donors (Lipinski definition) is 0. The fourth-order valence-corrected chi connectivity index (χ4v) is 2.30. The van der Waals surface area contributed by atoms with Gasteiger partial charge in [0.15, 0.2) is 5.69 Å². The van der Waals surface area contributed by atoms with Crippen molar-refractivity contribution in [1.82, 2.24) is 24.8 Å². The van der Waals surface area contributed by atoms with Gasteiger partial charge in [-0.1, -0.05) is 31.9 Å². The molecule has 0 aliphatic rings. The minimum absolute atomic E-state index is 0.233. The van der Waals surface area contributed by atoms with Crippen molar-refractivity contribution in [2.75, 3.05) is 7.11 Å². The maximum atomic E-state index is 11.9. The summed E-state index contributed by atoms with van der Waals surface area (Å²) in [6, 6.07) is 0. The molecule has 2 aromatic rings. The van der Waals surface area contributed by atoms with Crippen LogP contribution >= 0.6 is 0 Å². The van der Waals surface area contributed by atoms with Crippen LogP contribution in [0.3, 0.4) is 0 Å². The molecule has 21 heavy (non-hydrogen) atoms. The van der Waals surface area contributed by atoms with Gasteiger partial charge in [0.2, 0.25) is 0 Å². The minimum atomic E-state index is -0.482. The average Bonchev–Trinajstić information content (AvgIpc) is 3.09. The molecule has 0 saturated carbocycles. The number of carbonyl (C=O) groups is 1. The zero-order valence-corrected chi connectivity index (χ0v) is 12.9. The third-order valence-electron chi connectivity index (χ3n) is 3.68. The molecule has 0 aliphatic heterocycles. The first kappa shape index (κ1) is 15.2. The van der Waals surface area contributed by atoms with Gasteiger partial charge < -0.3 is 4.74 Å². The first-order valence-electron chi connectivity index (χ1n) is 7.11. The molecule has 0 unspecified atom stereocenters. The van der Waals surface area contributed by atoms with Crippen molar-refractivity contribution in [3.05, 3.63) is 18.1 Å². The van der Waals surface area contributed by atoms with Crippen molar-refractivity contribution >= 4 is 5.97 Å². The summed E-state index contributed by atoms with van der Waals surface area (Å²) in [5, 5.41) is 12.3. The van der Waals surface area contributed by atoms with Gasteiger partial charge in [-0.3, -0.25) is 4.68 Å². The van der Waals surface area contributed by atoms with Gasteiger partial charge in [-0.2, -0.15) is 5.10 Å². The van der Waals surface area contributed by atoms with Gasteiger partial charge in [-0.25, -0.2) is 9.48 Å². The highest BCUT2D eigenvalue weighted by molar-refractivity contribution is 5.93. The highest BCUT2D eigenvalue weighted by atomic mass is 16.5. The standard InChI is InChI=1S/C14H21N5O2/c1-5-10(6-2)8-19-13(11-7-15-18(3)9-11)12(16-17-19)14(20)21-4/h7,9-10H,5-6,8H2,1-4H3. The minimum Gasteiger partial charge on any atom is -0.464 e. The monoisotopic (exact) mass is 291 g/mol. The molecule has 0 amide bonds. The molecule has 2 aromatic heterocycles. The van der Waals surface area contributed by atoms with E-state index in [0.29, 0.717) is 11.6 Å². The summed E-state index contributed by atoms with van der Waals surface area (Å²) in [7, 11) is 3.17. The van der Waals surface area contributed by atoms with Crippen LogP contribution < -0.4 is 0 Å². The lowest BCUT2D eigenvalue weighted by Crippen LogP contribution is -2.12. The van der Waals surface area contributed by atoms with Gasteiger partial charge >= 0.3 is 5.97 Å². The Balaban J connectivity index is 2.46. The number of rotatable bonds is 6. The van der Waals surface area contributed by atoms with E-state index in [1.807, 2.05) is 13.2 Å². The molecule has 114 valence electrons. The Morgan fingerprint density at radius 2 is 2.10 bits per heavy atom. The third-order valence-corrected chi connectivity index (χ3v) is 3.68. The van der Waals surface area contributed by atoms with Gasteiger partial charge in [0, 0.05) is 25.4 Å². The number of aryl methyl sites for hydroxylation is 1. The first-order valence-corrected chi connectivity index (χ1v) is 7.11. The quantitative estimate of drug-likeness (QED) is 0.760. The number of carbonyl (C=O) groups excluding carboxylic acids is 1. The molecule has 2 rings (SSSR count). The van der Waals surface area contributed by atoms with Crippen LogP contribution in [-0.2, 0) is 18.3 Å². The van der Waals surface area contributed by atoms with Gasteiger partial charge in [0.1, 0.15) is 5.69 Å². The second-order valence-electron chi connectivity index (χ2n) is 5.05. The van der Waals surface area contributed by atoms with Crippen molar-refractivity contribution in [3.63, 3.8) is 0 Å². The second kappa shape index (κ2) is 6.51. The summed E-state index contributed by atoms with van der Waals surface area (Å²) in [4.78, 5) is 11.9. The smallest absolute Gasteiger partial charge is 0.360 e. The number of hydrogen-bond acceptors (Lipinski definition) is 5. The number of ether oxygens (including phenoxy) is 1. The highest BCUT2D eigenvalue weighted by Gasteiger charge is 2.23. The summed E-state index contributed by atoms with van der Waals surface area (Å²) in [6.07, 6.45) is 5.65. The van der Waals surface area contributed by atoms with Crippen LogP contribution in [0.15, 0.2) is 12.4 Å². The molecule has 0 saturated heterocycles. The maximum Gasteiger partial charge on any atom is 0.360 e. The van der Waals surface area contributed by atoms with E-state index in [0.717, 1.165) is 24.9 Å². The van der Waals surface area contributed by atoms with Crippen LogP contribution in [0.5, 0.6) is 0 Å². The van der Waals surface area contributed by atoms with E-state index in [4.69, 9.17) is 4.74 Å². The molecular weight excluding hydrogens is 270 g/mol. The predicted molar refractivity (Wildman–Crippen MR) is 77.6 cm³/mol. The Bertz CT molecular complexity index is 613. The molecule has 7 heteroatoms. The molecule has 0 spiro atoms. The van der Waals surface area contributed by atoms with E-state index in [1.54, 1.807) is 15.6 Å². The molecular formula is C14H21N5O2. The molecule has 0 radical (unpaired) electrons. The van der Waals surface area contributed by atoms with Crippen LogP contribution in [0.4, 0.5) is 0 Å². The Labute approximate surface area is 123 Å². The SMILES string of the molecule is CCC(CC)Cn1nnc(C(=O)OC)c1-c1cnn(C)c1. The summed E-state index contributed by atoms with van der Waals surface area (Å²) >= 11 is 0. The van der Waals surface area contributed by atoms with Gasteiger partial charge in [0.05, 0.1) is 13.3 Å². The van der Waals surface area contributed by atoms with Crippen LogP contribution in [0, 0.1) is 5.92 Å². The van der Waals surface area contributed by atoms with E-state index in [-0.39, 0.29) is 5.69 Å². The lowest BCUT2D eigenvalue weighted by atomic mass is 10.0. The van der Waals surface area contributed by atoms with E-state index in [1.165, 1.54) is 7.11 Å². The average molecular weight is 291 g/mol. The molecule has 0 bridgehead atoms. The molecule has 0 fully saturated rings. The van der Waals surface area contributed by atoms with Crippen molar-refractivity contribution < 1.29 is 9.53 Å². The Morgan fingerprint density at radius 3 is 2.62 bits per heavy atom. The Morgan fingerprint density at radius 1 is 1.38 bits per heavy atom. The summed E-state index contributed by atoms with van der Waals surface area (Å²) < 4.78 is 8.26. The summed E-state index contributed by atoms with van der Waals surface area (Å²) in [5.41, 5.74) is 1.71. The molecule has 0 aromatic carbocycles. The normalized spacial score (nSPS) is 11.1. The number of esters is 1. The fraction of sp³-hybridized carbons (Fsp3) is 0.571. The number of aromatic nitrogens is 5. The Kier molecular flexibility index (Phi) is 4.72. The fourth-order valence-electron chi connectivity index (χ4n) is 2.30. The molecule has 0 N–H and O–H groups in total. The van der Waals surface area contributed by atoms with E-state index in [2.05, 4.69) is 29.3 Å². The largest absolute Gasteiger partial charge is 0.464 e. The van der Waals surface area contributed by atoms with Crippen LogP contribution in [0.1, 0.15) is 37.2 Å². The number of nitrogens with zero attached hydrogens (tertiary/aromatic N) is 5. The predicted octanol–water partition coefficient (Wildman–Crippen LogP) is 1.90. The van der Waals surface area contributed by atoms with E-state index < -0.39 is 5.97 Å². The van der Waals surface area contributed by atoms with Crippen LogP contribution in [0.25, 0.3) is 11.3 Å². The van der Waals surface area contributed by atoms with Crippen LogP contribution in [0.2, 0.25) is 0 Å². The lowest BCUT2D eigenvalue weighted by molar-refractivity contribution is 0.0595. The number of methoxy groups -OCH3 is 1. The molecule has 7 nitrogen and oxygen atoms in total. The maximum absolute atomic E-state index is 11.9. The van der Waals surface area contributed by atoms with Gasteiger partial charge in [0.25, 0.3) is 0 Å². The zero-order chi connectivity index (χ0) is 15.4. The lowest BCUT2D eigenvalue weighted by Gasteiger charge is -2.13. The second-order valence-corrected chi connectivity index (χ2v) is 5.05. The van der Waals surface area contributed by atoms with Crippen molar-refractivity contribution in [2.45, 2.75) is 33.2 Å². The first-order chi connectivity index (χ1) is 10.1. The molecule has 0 aliphatic carbocycles. The topological polar surface area (TPSA) is 74.8 Å². The third kappa shape index (κ3) is 3.12. The van der Waals surface area contributed by atoms with Crippen molar-refractivity contribution in [3.8, 4) is 11.3 Å². The van der Waals surface area contributed by atoms with Gasteiger partial charge in [-0.05, 0) is 5.92 Å². The van der Waals surface area contributed by atoms with Crippen LogP contribution in [-0.4, -0.2) is 37.9 Å².